The molecule has 0 fully saturated rings. The number of rotatable bonds is 3. The average molecular weight is 185 g/mol. The third-order valence-electron chi connectivity index (χ3n) is 1.62. The van der Waals surface area contributed by atoms with E-state index in [9.17, 15) is 0 Å². The summed E-state index contributed by atoms with van der Waals surface area (Å²) in [6.45, 7) is 3.02. The molecule has 1 rings (SSSR count). The Morgan fingerprint density at radius 1 is 1.50 bits per heavy atom. The first-order valence-corrected chi connectivity index (χ1v) is 4.77. The highest BCUT2D eigenvalue weighted by atomic mass is 32.1. The zero-order chi connectivity index (χ0) is 9.14. The molecule has 0 unspecified atom stereocenters. The molecule has 3 nitrogen and oxygen atoms in total. The molecule has 1 aromatic heterocycles. The summed E-state index contributed by atoms with van der Waals surface area (Å²) in [6.07, 6.45) is 1.00. The van der Waals surface area contributed by atoms with Crippen LogP contribution in [-0.2, 0) is 6.42 Å². The first-order chi connectivity index (χ1) is 5.59. The molecule has 2 N–H and O–H groups in total. The number of nitrogens with zero attached hydrogens (tertiary/aromatic N) is 2. The summed E-state index contributed by atoms with van der Waals surface area (Å²) < 4.78 is 0. The van der Waals surface area contributed by atoms with Crippen molar-refractivity contribution in [1.29, 1.82) is 0 Å². The van der Waals surface area contributed by atoms with Gasteiger partial charge in [0.05, 0.1) is 5.01 Å². The largest absolute Gasteiger partial charge is 0.383 e. The van der Waals surface area contributed by atoms with E-state index in [0.29, 0.717) is 5.82 Å². The Labute approximate surface area is 77.2 Å². The second-order valence-electron chi connectivity index (χ2n) is 3.09. The standard InChI is InChI=1S/C8H15N3S/c1-6-10-8(9)7(12-6)4-5-11(2)3/h4-5,9H2,1-3H3. The van der Waals surface area contributed by atoms with Crippen LogP contribution in [0.25, 0.3) is 0 Å². The Morgan fingerprint density at radius 2 is 2.17 bits per heavy atom. The van der Waals surface area contributed by atoms with Crippen molar-refractivity contribution in [1.82, 2.24) is 9.88 Å². The number of aryl methyl sites for hydroxylation is 1. The van der Waals surface area contributed by atoms with Crippen molar-refractivity contribution in [2.45, 2.75) is 13.3 Å². The summed E-state index contributed by atoms with van der Waals surface area (Å²) in [5.41, 5.74) is 5.71. The van der Waals surface area contributed by atoms with Gasteiger partial charge in [-0.2, -0.15) is 0 Å². The van der Waals surface area contributed by atoms with Gasteiger partial charge in [0.15, 0.2) is 0 Å². The van der Waals surface area contributed by atoms with E-state index in [2.05, 4.69) is 24.0 Å². The van der Waals surface area contributed by atoms with E-state index in [0.717, 1.165) is 18.0 Å². The molecule has 0 aliphatic carbocycles. The predicted molar refractivity (Wildman–Crippen MR) is 53.5 cm³/mol. The molecule has 1 heterocycles. The molecule has 0 amide bonds. The zero-order valence-electron chi connectivity index (χ0n) is 7.79. The third-order valence-corrected chi connectivity index (χ3v) is 2.67. The Morgan fingerprint density at radius 3 is 2.58 bits per heavy atom. The van der Waals surface area contributed by atoms with E-state index in [1.165, 1.54) is 4.88 Å². The number of hydrogen-bond donors (Lipinski definition) is 1. The second kappa shape index (κ2) is 3.87. The van der Waals surface area contributed by atoms with Crippen LogP contribution < -0.4 is 5.73 Å². The molecular weight excluding hydrogens is 170 g/mol. The van der Waals surface area contributed by atoms with Crippen molar-refractivity contribution in [2.24, 2.45) is 0 Å². The van der Waals surface area contributed by atoms with E-state index in [4.69, 9.17) is 5.73 Å². The van der Waals surface area contributed by atoms with Crippen molar-refractivity contribution >= 4 is 17.2 Å². The summed E-state index contributed by atoms with van der Waals surface area (Å²) in [7, 11) is 4.12. The lowest BCUT2D eigenvalue weighted by Crippen LogP contribution is -2.15. The highest BCUT2D eigenvalue weighted by molar-refractivity contribution is 7.12. The number of nitrogens with two attached hydrogens (primary N) is 1. The highest BCUT2D eigenvalue weighted by Crippen LogP contribution is 2.20. The van der Waals surface area contributed by atoms with Crippen LogP contribution in [0.2, 0.25) is 0 Å². The van der Waals surface area contributed by atoms with Crippen LogP contribution in [0, 0.1) is 6.92 Å². The van der Waals surface area contributed by atoms with Gasteiger partial charge in [-0.15, -0.1) is 11.3 Å². The molecule has 0 bridgehead atoms. The molecule has 68 valence electrons. The van der Waals surface area contributed by atoms with Gasteiger partial charge < -0.3 is 10.6 Å². The minimum Gasteiger partial charge on any atom is -0.383 e. The Balaban J connectivity index is 2.57. The number of nitrogen functional groups attached to an aromatic ring is 1. The van der Waals surface area contributed by atoms with Crippen molar-refractivity contribution < 1.29 is 0 Å². The summed E-state index contributed by atoms with van der Waals surface area (Å²) in [4.78, 5) is 7.52. The van der Waals surface area contributed by atoms with Crippen molar-refractivity contribution in [3.05, 3.63) is 9.88 Å². The lowest BCUT2D eigenvalue weighted by Gasteiger charge is -2.07. The van der Waals surface area contributed by atoms with Crippen LogP contribution in [0.15, 0.2) is 0 Å². The van der Waals surface area contributed by atoms with Crippen molar-refractivity contribution in [3.63, 3.8) is 0 Å². The smallest absolute Gasteiger partial charge is 0.137 e. The maximum Gasteiger partial charge on any atom is 0.137 e. The van der Waals surface area contributed by atoms with Crippen LogP contribution in [0.3, 0.4) is 0 Å². The van der Waals surface area contributed by atoms with E-state index >= 15 is 0 Å². The molecule has 0 aliphatic rings. The molecule has 0 radical (unpaired) electrons. The van der Waals surface area contributed by atoms with Gasteiger partial charge in [-0.25, -0.2) is 4.98 Å². The lowest BCUT2D eigenvalue weighted by molar-refractivity contribution is 0.415. The summed E-state index contributed by atoms with van der Waals surface area (Å²) >= 11 is 1.69. The van der Waals surface area contributed by atoms with Gasteiger partial charge in [0, 0.05) is 11.4 Å². The van der Waals surface area contributed by atoms with Gasteiger partial charge in [-0.3, -0.25) is 0 Å². The number of hydrogen-bond acceptors (Lipinski definition) is 4. The van der Waals surface area contributed by atoms with Gasteiger partial charge >= 0.3 is 0 Å². The maximum atomic E-state index is 5.71. The molecule has 1 aromatic rings. The van der Waals surface area contributed by atoms with E-state index < -0.39 is 0 Å². The van der Waals surface area contributed by atoms with Crippen LogP contribution >= 0.6 is 11.3 Å². The quantitative estimate of drug-likeness (QED) is 0.768. The summed E-state index contributed by atoms with van der Waals surface area (Å²) in [6, 6.07) is 0. The Hall–Kier alpha value is -0.610. The van der Waals surface area contributed by atoms with Crippen molar-refractivity contribution in [3.8, 4) is 0 Å². The number of anilines is 1. The molecular formula is C8H15N3S. The van der Waals surface area contributed by atoms with Crippen molar-refractivity contribution in [2.75, 3.05) is 26.4 Å². The normalized spacial score (nSPS) is 11.0. The monoisotopic (exact) mass is 185 g/mol. The van der Waals surface area contributed by atoms with Gasteiger partial charge in [-0.05, 0) is 27.4 Å². The van der Waals surface area contributed by atoms with Gasteiger partial charge in [0.1, 0.15) is 5.82 Å². The fourth-order valence-electron chi connectivity index (χ4n) is 0.990. The number of thiazole rings is 1. The highest BCUT2D eigenvalue weighted by Gasteiger charge is 2.04. The minimum absolute atomic E-state index is 0.708. The minimum atomic E-state index is 0.708. The Kier molecular flexibility index (Phi) is 3.05. The maximum absolute atomic E-state index is 5.71. The Bertz CT molecular complexity index is 255. The third kappa shape index (κ3) is 2.46. The molecule has 0 aliphatic heterocycles. The first-order valence-electron chi connectivity index (χ1n) is 3.96. The topological polar surface area (TPSA) is 42.1 Å². The zero-order valence-corrected chi connectivity index (χ0v) is 8.61. The molecule has 0 saturated heterocycles. The van der Waals surface area contributed by atoms with E-state index in [-0.39, 0.29) is 0 Å². The molecule has 0 saturated carbocycles. The van der Waals surface area contributed by atoms with Gasteiger partial charge in [-0.1, -0.05) is 0 Å². The lowest BCUT2D eigenvalue weighted by atomic mass is 10.3. The molecule has 0 aromatic carbocycles. The summed E-state index contributed by atoms with van der Waals surface area (Å²) in [5, 5.41) is 1.06. The second-order valence-corrected chi connectivity index (χ2v) is 4.38. The first kappa shape index (κ1) is 9.48. The van der Waals surface area contributed by atoms with Crippen LogP contribution in [0.4, 0.5) is 5.82 Å². The molecule has 12 heavy (non-hydrogen) atoms. The average Bonchev–Trinajstić information content (AvgIpc) is 2.26. The van der Waals surface area contributed by atoms with E-state index in [1.54, 1.807) is 11.3 Å². The van der Waals surface area contributed by atoms with Gasteiger partial charge in [0.2, 0.25) is 0 Å². The van der Waals surface area contributed by atoms with Crippen LogP contribution in [-0.4, -0.2) is 30.5 Å². The van der Waals surface area contributed by atoms with Crippen LogP contribution in [0.1, 0.15) is 9.88 Å². The predicted octanol–water partition coefficient (Wildman–Crippen LogP) is 1.14. The number of aromatic nitrogens is 1. The van der Waals surface area contributed by atoms with E-state index in [1.807, 2.05) is 6.92 Å². The molecule has 4 heteroatoms. The SMILES string of the molecule is Cc1nc(N)c(CCN(C)C)s1. The number of likely N-dealkylation sites (N-methyl/N-ethyl adjacent to an activating group) is 1. The fourth-order valence-corrected chi connectivity index (χ4v) is 1.83. The van der Waals surface area contributed by atoms with Gasteiger partial charge in [0.25, 0.3) is 0 Å². The molecule has 0 spiro atoms. The fraction of sp³-hybridized carbons (Fsp3) is 0.625. The summed E-state index contributed by atoms with van der Waals surface area (Å²) in [5.74, 6) is 0.708. The molecule has 0 atom stereocenters. The van der Waals surface area contributed by atoms with Crippen LogP contribution in [0.5, 0.6) is 0 Å².